The fraction of sp³-hybridized carbons (Fsp3) is 0.299. The molecule has 5 heteroatoms. The van der Waals surface area contributed by atoms with Gasteiger partial charge < -0.3 is 14.5 Å². The van der Waals surface area contributed by atoms with E-state index in [1.165, 1.54) is 67.0 Å². The van der Waals surface area contributed by atoms with Gasteiger partial charge in [0.1, 0.15) is 24.0 Å². The molecule has 0 unspecified atom stereocenters. The number of hydrogen-bond donors (Lipinski definition) is 0. The number of nitrogens with zero attached hydrogens (tertiary/aromatic N) is 4. The highest BCUT2D eigenvalue weighted by molar-refractivity contribution is 6.10. The number of ether oxygens (including phenoxy) is 1. The first-order chi connectivity index (χ1) is 33.9. The number of aromatic nitrogens is 2. The van der Waals surface area contributed by atoms with Gasteiger partial charge in [0.15, 0.2) is 0 Å². The second-order valence-electron chi connectivity index (χ2n) is 24.8. The largest absolute Gasteiger partial charge is 0.457 e. The molecule has 0 N–H and O–H groups in total. The topological polar surface area (TPSA) is 33.5 Å². The maximum Gasteiger partial charge on any atom is 0.137 e. The highest BCUT2D eigenvalue weighted by Crippen LogP contribution is 2.48. The zero-order valence-corrected chi connectivity index (χ0v) is 45.1. The SMILES string of the molecule is CC(C)(C)c1ccc(C(C)(C)c2ccnc(-n3c4ccc(-c5ccccc5)cc4c4ccc(Oc5cc(N6CN(c7cc(C(C)(C)C)cc(C(C)(C)C)c7)c7ccccc76)cc(C(C)(C)C)c5)cc43)c2)cc1. The third kappa shape index (κ3) is 9.19. The van der Waals surface area contributed by atoms with Crippen molar-refractivity contribution in [1.82, 2.24) is 9.55 Å². The smallest absolute Gasteiger partial charge is 0.137 e. The first-order valence-electron chi connectivity index (χ1n) is 25.8. The summed E-state index contributed by atoms with van der Waals surface area (Å²) in [6.07, 6.45) is 1.97. The Morgan fingerprint density at radius 3 is 1.54 bits per heavy atom. The minimum atomic E-state index is -0.268. The lowest BCUT2D eigenvalue weighted by atomic mass is 9.77. The molecule has 0 saturated carbocycles. The van der Waals surface area contributed by atoms with Gasteiger partial charge in [-0.3, -0.25) is 4.57 Å². The van der Waals surface area contributed by atoms with Crippen molar-refractivity contribution in [2.45, 2.75) is 124 Å². The molecule has 10 rings (SSSR count). The highest BCUT2D eigenvalue weighted by Gasteiger charge is 2.32. The summed E-state index contributed by atoms with van der Waals surface area (Å²) in [5, 5.41) is 2.31. The predicted octanol–water partition coefficient (Wildman–Crippen LogP) is 18.4. The number of benzene rings is 7. The van der Waals surface area contributed by atoms with Crippen LogP contribution in [0.3, 0.4) is 0 Å². The molecule has 0 amide bonds. The van der Waals surface area contributed by atoms with E-state index in [9.17, 15) is 0 Å². The van der Waals surface area contributed by atoms with Gasteiger partial charge in [0.25, 0.3) is 0 Å². The molecule has 0 saturated heterocycles. The van der Waals surface area contributed by atoms with Crippen LogP contribution in [0, 0.1) is 0 Å². The zero-order chi connectivity index (χ0) is 51.1. The Kier molecular flexibility index (Phi) is 11.8. The van der Waals surface area contributed by atoms with E-state index in [1.807, 2.05) is 6.20 Å². The van der Waals surface area contributed by atoms with E-state index in [0.717, 1.165) is 39.4 Å². The van der Waals surface area contributed by atoms with Crippen molar-refractivity contribution in [3.63, 3.8) is 0 Å². The van der Waals surface area contributed by atoms with Gasteiger partial charge >= 0.3 is 0 Å². The summed E-state index contributed by atoms with van der Waals surface area (Å²) in [5.74, 6) is 2.43. The molecule has 0 atom stereocenters. The van der Waals surface area contributed by atoms with Crippen LogP contribution in [0.25, 0.3) is 38.8 Å². The summed E-state index contributed by atoms with van der Waals surface area (Å²) in [6.45, 7) is 32.8. The van der Waals surface area contributed by atoms with Gasteiger partial charge in [0.2, 0.25) is 0 Å². The third-order valence-electron chi connectivity index (χ3n) is 15.0. The summed E-state index contributed by atoms with van der Waals surface area (Å²) in [4.78, 5) is 10.0. The number of fused-ring (bicyclic) bond motifs is 4. The Morgan fingerprint density at radius 1 is 0.389 bits per heavy atom. The average molecular weight is 949 g/mol. The molecule has 0 bridgehead atoms. The van der Waals surface area contributed by atoms with Crippen molar-refractivity contribution < 1.29 is 4.74 Å². The first kappa shape index (κ1) is 48.5. The lowest BCUT2D eigenvalue weighted by Crippen LogP contribution is -2.26. The van der Waals surface area contributed by atoms with Crippen molar-refractivity contribution in [3.8, 4) is 28.4 Å². The minimum absolute atomic E-state index is 0.00153. The quantitative estimate of drug-likeness (QED) is 0.152. The number of hydrogen-bond acceptors (Lipinski definition) is 4. The highest BCUT2D eigenvalue weighted by atomic mass is 16.5. The molecule has 1 aliphatic heterocycles. The Morgan fingerprint density at radius 2 is 0.944 bits per heavy atom. The standard InChI is InChI=1S/C67H72N4O/c1-63(2,3)46-25-27-47(28-26-46)67(13,14)48-32-33-68-62(40-48)71-58-31-24-45(44-20-16-15-17-21-44)34-57(58)56-30-29-54(42-61(56)71)72-55-39-51(66(10,11)12)38-53(41-55)70-43-69(59-22-18-19-23-60(59)70)52-36-49(64(4,5)6)35-50(37-52)65(7,8)9/h15-42H,43H2,1-14H3. The Hall–Kier alpha value is -7.11. The van der Waals surface area contributed by atoms with Crippen molar-refractivity contribution >= 4 is 44.6 Å². The first-order valence-corrected chi connectivity index (χ1v) is 25.8. The summed E-state index contributed by atoms with van der Waals surface area (Å²) in [5.41, 5.74) is 16.5. The summed E-state index contributed by atoms with van der Waals surface area (Å²) in [6, 6.07) is 60.4. The average Bonchev–Trinajstić information content (AvgIpc) is 3.89. The van der Waals surface area contributed by atoms with Crippen LogP contribution in [0.1, 0.15) is 130 Å². The van der Waals surface area contributed by atoms with Gasteiger partial charge in [-0.2, -0.15) is 0 Å². The number of pyridine rings is 1. The number of anilines is 4. The molecule has 0 spiro atoms. The van der Waals surface area contributed by atoms with Gasteiger partial charge in [-0.1, -0.05) is 176 Å². The molecule has 3 heterocycles. The van der Waals surface area contributed by atoms with Gasteiger partial charge in [-0.15, -0.1) is 0 Å². The Balaban J connectivity index is 1.07. The van der Waals surface area contributed by atoms with Gasteiger partial charge in [-0.25, -0.2) is 4.98 Å². The predicted molar refractivity (Wildman–Crippen MR) is 306 cm³/mol. The molecule has 7 aromatic carbocycles. The molecule has 0 fully saturated rings. The summed E-state index contributed by atoms with van der Waals surface area (Å²) < 4.78 is 9.42. The maximum atomic E-state index is 7.10. The van der Waals surface area contributed by atoms with Gasteiger partial charge in [0.05, 0.1) is 22.4 Å². The third-order valence-corrected chi connectivity index (χ3v) is 15.0. The second kappa shape index (κ2) is 17.6. The van der Waals surface area contributed by atoms with E-state index in [0.29, 0.717) is 6.67 Å². The zero-order valence-electron chi connectivity index (χ0n) is 45.1. The molecule has 366 valence electrons. The molecule has 1 aliphatic rings. The van der Waals surface area contributed by atoms with E-state index >= 15 is 0 Å². The normalized spacial score (nSPS) is 13.6. The van der Waals surface area contributed by atoms with Crippen LogP contribution < -0.4 is 14.5 Å². The number of para-hydroxylation sites is 2. The lowest BCUT2D eigenvalue weighted by Gasteiger charge is -2.29. The van der Waals surface area contributed by atoms with E-state index in [2.05, 4.69) is 275 Å². The van der Waals surface area contributed by atoms with Crippen LogP contribution >= 0.6 is 0 Å². The van der Waals surface area contributed by atoms with E-state index < -0.39 is 0 Å². The molecular formula is C67H72N4O. The van der Waals surface area contributed by atoms with E-state index in [4.69, 9.17) is 9.72 Å². The molecule has 5 nitrogen and oxygen atoms in total. The van der Waals surface area contributed by atoms with Crippen molar-refractivity contribution in [2.75, 3.05) is 16.5 Å². The molecule has 0 radical (unpaired) electrons. The maximum absolute atomic E-state index is 7.10. The monoisotopic (exact) mass is 949 g/mol. The van der Waals surface area contributed by atoms with Crippen LogP contribution in [-0.2, 0) is 27.1 Å². The molecule has 2 aromatic heterocycles. The second-order valence-corrected chi connectivity index (χ2v) is 24.8. The Labute approximate surface area is 429 Å². The fourth-order valence-corrected chi connectivity index (χ4v) is 10.3. The molecule has 72 heavy (non-hydrogen) atoms. The van der Waals surface area contributed by atoms with E-state index in [-0.39, 0.29) is 27.1 Å². The van der Waals surface area contributed by atoms with E-state index in [1.54, 1.807) is 0 Å². The van der Waals surface area contributed by atoms with Crippen LogP contribution in [-0.4, -0.2) is 16.2 Å². The summed E-state index contributed by atoms with van der Waals surface area (Å²) >= 11 is 0. The minimum Gasteiger partial charge on any atom is -0.457 e. The lowest BCUT2D eigenvalue weighted by molar-refractivity contribution is 0.479. The van der Waals surface area contributed by atoms with Gasteiger partial charge in [-0.05, 0) is 139 Å². The number of rotatable bonds is 8. The van der Waals surface area contributed by atoms with Crippen molar-refractivity contribution in [3.05, 3.63) is 203 Å². The fourth-order valence-electron chi connectivity index (χ4n) is 10.3. The van der Waals surface area contributed by atoms with Crippen LogP contribution in [0.4, 0.5) is 22.7 Å². The van der Waals surface area contributed by atoms with Crippen LogP contribution in [0.15, 0.2) is 170 Å². The van der Waals surface area contributed by atoms with Crippen LogP contribution in [0.2, 0.25) is 0 Å². The summed E-state index contributed by atoms with van der Waals surface area (Å²) in [7, 11) is 0. The molecule has 9 aromatic rings. The Bertz CT molecular complexity index is 3440. The molecule has 0 aliphatic carbocycles. The van der Waals surface area contributed by atoms with Crippen LogP contribution in [0.5, 0.6) is 11.5 Å². The molecular weight excluding hydrogens is 877 g/mol. The van der Waals surface area contributed by atoms with Crippen molar-refractivity contribution in [1.29, 1.82) is 0 Å². The van der Waals surface area contributed by atoms with Crippen molar-refractivity contribution in [2.24, 2.45) is 0 Å². The van der Waals surface area contributed by atoms with Gasteiger partial charge in [0, 0.05) is 45.9 Å².